The molecule has 1 N–H and O–H groups in total. The number of carbonyl (C=O) groups is 1. The van der Waals surface area contributed by atoms with E-state index in [1.54, 1.807) is 18.2 Å². The van der Waals surface area contributed by atoms with E-state index in [9.17, 15) is 4.79 Å². The molecule has 0 bridgehead atoms. The molecule has 0 fully saturated rings. The fraction of sp³-hybridized carbons (Fsp3) is 0.0909. The van der Waals surface area contributed by atoms with Gasteiger partial charge in [-0.05, 0) is 37.3 Å². The van der Waals surface area contributed by atoms with Crippen LogP contribution in [0.1, 0.15) is 17.3 Å². The first-order valence-electron chi connectivity index (χ1n) is 4.44. The maximum atomic E-state index is 11.5. The second-order valence-electron chi connectivity index (χ2n) is 2.75. The molecule has 78 valence electrons. The Hall–Kier alpha value is -1.42. The average molecular weight is 267 g/mol. The molecule has 3 nitrogen and oxygen atoms in total. The maximum Gasteiger partial charge on any atom is 0.271 e. The Balaban J connectivity index is 2.58. The van der Waals surface area contributed by atoms with Crippen LogP contribution < -0.4 is 5.43 Å². The van der Waals surface area contributed by atoms with Gasteiger partial charge in [0.1, 0.15) is 0 Å². The molecule has 4 heteroatoms. The Bertz CT molecular complexity index is 382. The van der Waals surface area contributed by atoms with Crippen LogP contribution in [0.15, 0.2) is 46.0 Å². The molecule has 1 aromatic rings. The highest BCUT2D eigenvalue weighted by Gasteiger charge is 2.02. The smallest absolute Gasteiger partial charge is 0.267 e. The lowest BCUT2D eigenvalue weighted by atomic mass is 10.2. The van der Waals surface area contributed by atoms with E-state index in [4.69, 9.17) is 0 Å². The van der Waals surface area contributed by atoms with Gasteiger partial charge in [-0.25, -0.2) is 5.43 Å². The predicted molar refractivity (Wildman–Crippen MR) is 64.9 cm³/mol. The van der Waals surface area contributed by atoms with Crippen molar-refractivity contribution >= 4 is 28.1 Å². The molecule has 1 rings (SSSR count). The minimum absolute atomic E-state index is 0.219. The first kappa shape index (κ1) is 11.7. The third-order valence-electron chi connectivity index (χ3n) is 1.63. The summed E-state index contributed by atoms with van der Waals surface area (Å²) in [5.74, 6) is -0.219. The van der Waals surface area contributed by atoms with E-state index in [2.05, 4.69) is 26.5 Å². The van der Waals surface area contributed by atoms with Gasteiger partial charge in [0.05, 0.1) is 0 Å². The molecular weight excluding hydrogens is 256 g/mol. The summed E-state index contributed by atoms with van der Waals surface area (Å²) >= 11 is 3.30. The number of amides is 1. The number of carbonyl (C=O) groups excluding carboxylic acids is 1. The molecule has 0 aromatic heterocycles. The Morgan fingerprint density at radius 1 is 1.40 bits per heavy atom. The first-order valence-corrected chi connectivity index (χ1v) is 5.23. The number of hydrazone groups is 1. The topological polar surface area (TPSA) is 41.5 Å². The van der Waals surface area contributed by atoms with Crippen LogP contribution in [0.4, 0.5) is 0 Å². The summed E-state index contributed by atoms with van der Waals surface area (Å²) < 4.78 is 0.941. The largest absolute Gasteiger partial charge is 0.271 e. The Morgan fingerprint density at radius 2 is 2.07 bits per heavy atom. The molecular formula is C11H11BrN2O. The molecule has 0 saturated carbocycles. The van der Waals surface area contributed by atoms with Gasteiger partial charge in [-0.15, -0.1) is 0 Å². The predicted octanol–water partition coefficient (Wildman–Crippen LogP) is 2.74. The first-order chi connectivity index (χ1) is 7.24. The molecule has 1 aromatic carbocycles. The van der Waals surface area contributed by atoms with Gasteiger partial charge >= 0.3 is 0 Å². The van der Waals surface area contributed by atoms with E-state index in [-0.39, 0.29) is 5.91 Å². The molecule has 0 radical (unpaired) electrons. The van der Waals surface area contributed by atoms with Crippen LogP contribution in [-0.4, -0.2) is 12.1 Å². The maximum absolute atomic E-state index is 11.5. The third kappa shape index (κ3) is 4.08. The number of nitrogens with one attached hydrogen (secondary N) is 1. The zero-order valence-electron chi connectivity index (χ0n) is 8.27. The minimum Gasteiger partial charge on any atom is -0.267 e. The number of hydrogen-bond acceptors (Lipinski definition) is 2. The molecule has 0 aliphatic rings. The number of nitrogens with zero attached hydrogens (tertiary/aromatic N) is 1. The van der Waals surface area contributed by atoms with Crippen LogP contribution in [0.2, 0.25) is 0 Å². The SMILES string of the molecule is CC=CC=NNC(=O)c1ccc(Br)cc1. The van der Waals surface area contributed by atoms with Gasteiger partial charge in [-0.3, -0.25) is 4.79 Å². The van der Waals surface area contributed by atoms with Gasteiger partial charge in [0.25, 0.3) is 5.91 Å². The van der Waals surface area contributed by atoms with E-state index < -0.39 is 0 Å². The standard InChI is InChI=1S/C11H11BrN2O/c1-2-3-8-13-14-11(15)9-4-6-10(12)7-5-9/h2-8H,1H3,(H,14,15). The van der Waals surface area contributed by atoms with E-state index in [0.29, 0.717) is 5.56 Å². The summed E-state index contributed by atoms with van der Waals surface area (Å²) in [7, 11) is 0. The zero-order chi connectivity index (χ0) is 11.1. The van der Waals surface area contributed by atoms with E-state index in [1.165, 1.54) is 6.21 Å². The van der Waals surface area contributed by atoms with Crippen molar-refractivity contribution in [1.29, 1.82) is 0 Å². The van der Waals surface area contributed by atoms with Crippen molar-refractivity contribution < 1.29 is 4.79 Å². The molecule has 0 saturated heterocycles. The van der Waals surface area contributed by atoms with Crippen LogP contribution in [-0.2, 0) is 0 Å². The molecule has 0 spiro atoms. The Labute approximate surface area is 97.0 Å². The summed E-state index contributed by atoms with van der Waals surface area (Å²) in [6.45, 7) is 1.88. The molecule has 15 heavy (non-hydrogen) atoms. The number of rotatable bonds is 3. The lowest BCUT2D eigenvalue weighted by Gasteiger charge is -1.98. The second kappa shape index (κ2) is 6.14. The molecule has 0 heterocycles. The fourth-order valence-corrected chi connectivity index (χ4v) is 1.16. The van der Waals surface area contributed by atoms with E-state index in [1.807, 2.05) is 25.1 Å². The van der Waals surface area contributed by atoms with Gasteiger partial charge < -0.3 is 0 Å². The molecule has 1 amide bonds. The monoisotopic (exact) mass is 266 g/mol. The quantitative estimate of drug-likeness (QED) is 0.664. The van der Waals surface area contributed by atoms with Gasteiger partial charge in [0.2, 0.25) is 0 Å². The zero-order valence-corrected chi connectivity index (χ0v) is 9.86. The van der Waals surface area contributed by atoms with Crippen molar-refractivity contribution in [1.82, 2.24) is 5.43 Å². The van der Waals surface area contributed by atoms with Gasteiger partial charge in [-0.1, -0.05) is 22.0 Å². The van der Waals surface area contributed by atoms with Crippen molar-refractivity contribution in [3.05, 3.63) is 46.5 Å². The van der Waals surface area contributed by atoms with Crippen molar-refractivity contribution in [2.75, 3.05) is 0 Å². The van der Waals surface area contributed by atoms with Gasteiger partial charge in [-0.2, -0.15) is 5.10 Å². The number of allylic oxidation sites excluding steroid dienone is 2. The average Bonchev–Trinajstić information content (AvgIpc) is 2.25. The summed E-state index contributed by atoms with van der Waals surface area (Å²) in [5.41, 5.74) is 3.00. The number of benzene rings is 1. The van der Waals surface area contributed by atoms with Crippen LogP contribution in [0, 0.1) is 0 Å². The number of hydrogen-bond donors (Lipinski definition) is 1. The van der Waals surface area contributed by atoms with E-state index in [0.717, 1.165) is 4.47 Å². The van der Waals surface area contributed by atoms with Crippen molar-refractivity contribution in [2.45, 2.75) is 6.92 Å². The summed E-state index contributed by atoms with van der Waals surface area (Å²) in [6, 6.07) is 7.07. The summed E-state index contributed by atoms with van der Waals surface area (Å²) in [5, 5.41) is 3.74. The third-order valence-corrected chi connectivity index (χ3v) is 2.15. The Kier molecular flexibility index (Phi) is 4.77. The molecule has 0 aliphatic heterocycles. The fourth-order valence-electron chi connectivity index (χ4n) is 0.891. The number of halogens is 1. The molecule has 0 atom stereocenters. The van der Waals surface area contributed by atoms with E-state index >= 15 is 0 Å². The van der Waals surface area contributed by atoms with Crippen molar-refractivity contribution in [2.24, 2.45) is 5.10 Å². The van der Waals surface area contributed by atoms with Crippen LogP contribution in [0.25, 0.3) is 0 Å². The van der Waals surface area contributed by atoms with Crippen LogP contribution >= 0.6 is 15.9 Å². The summed E-state index contributed by atoms with van der Waals surface area (Å²) in [4.78, 5) is 11.5. The van der Waals surface area contributed by atoms with Crippen molar-refractivity contribution in [3.63, 3.8) is 0 Å². The lowest BCUT2D eigenvalue weighted by molar-refractivity contribution is 0.0955. The highest BCUT2D eigenvalue weighted by Crippen LogP contribution is 2.10. The van der Waals surface area contributed by atoms with Gasteiger partial charge in [0.15, 0.2) is 0 Å². The highest BCUT2D eigenvalue weighted by atomic mass is 79.9. The summed E-state index contributed by atoms with van der Waals surface area (Å²) in [6.07, 6.45) is 5.09. The van der Waals surface area contributed by atoms with Crippen LogP contribution in [0.5, 0.6) is 0 Å². The van der Waals surface area contributed by atoms with Crippen LogP contribution in [0.3, 0.4) is 0 Å². The molecule has 0 aliphatic carbocycles. The second-order valence-corrected chi connectivity index (χ2v) is 3.67. The lowest BCUT2D eigenvalue weighted by Crippen LogP contribution is -2.17. The Morgan fingerprint density at radius 3 is 2.67 bits per heavy atom. The van der Waals surface area contributed by atoms with Crippen molar-refractivity contribution in [3.8, 4) is 0 Å². The van der Waals surface area contributed by atoms with Gasteiger partial charge in [0, 0.05) is 16.3 Å². The highest BCUT2D eigenvalue weighted by molar-refractivity contribution is 9.10. The minimum atomic E-state index is -0.219. The molecule has 0 unspecified atom stereocenters. The normalized spacial score (nSPS) is 11.1.